The number of piperazine rings is 1. The van der Waals surface area contributed by atoms with Gasteiger partial charge in [-0.25, -0.2) is 0 Å². The van der Waals surface area contributed by atoms with Crippen molar-refractivity contribution >= 4 is 35.0 Å². The minimum Gasteiger partial charge on any atom is -0.494 e. The second kappa shape index (κ2) is 7.55. The molecule has 0 bridgehead atoms. The Bertz CT molecular complexity index is 845. The number of benzene rings is 1. The Morgan fingerprint density at radius 2 is 1.65 bits per heavy atom. The average molecular weight is 397 g/mol. The topological polar surface area (TPSA) is 78.5 Å². The fourth-order valence-electron chi connectivity index (χ4n) is 2.89. The number of H-pyrrole nitrogens is 1. The summed E-state index contributed by atoms with van der Waals surface area (Å²) in [6, 6.07) is 4.86. The lowest BCUT2D eigenvalue weighted by molar-refractivity contribution is 0.0530. The van der Waals surface area contributed by atoms with E-state index in [0.717, 1.165) is 5.69 Å². The second-order valence-electron chi connectivity index (χ2n) is 5.96. The summed E-state index contributed by atoms with van der Waals surface area (Å²) in [6.07, 6.45) is 0. The molecule has 2 heterocycles. The molecule has 1 aliphatic heterocycles. The van der Waals surface area contributed by atoms with Gasteiger partial charge in [0.25, 0.3) is 11.8 Å². The van der Waals surface area contributed by atoms with Crippen LogP contribution in [-0.4, -0.2) is 65.1 Å². The fourth-order valence-corrected chi connectivity index (χ4v) is 3.36. The maximum Gasteiger partial charge on any atom is 0.274 e. The van der Waals surface area contributed by atoms with E-state index in [9.17, 15) is 9.59 Å². The van der Waals surface area contributed by atoms with E-state index in [0.29, 0.717) is 36.9 Å². The first-order chi connectivity index (χ1) is 12.4. The summed E-state index contributed by atoms with van der Waals surface area (Å²) >= 11 is 12.3. The molecule has 26 heavy (non-hydrogen) atoms. The van der Waals surface area contributed by atoms with Crippen molar-refractivity contribution in [3.8, 4) is 5.75 Å². The van der Waals surface area contributed by atoms with E-state index in [1.165, 1.54) is 7.11 Å². The number of nitrogens with zero attached hydrogens (tertiary/aromatic N) is 3. The van der Waals surface area contributed by atoms with E-state index >= 15 is 0 Å². The lowest BCUT2D eigenvalue weighted by Gasteiger charge is -2.34. The summed E-state index contributed by atoms with van der Waals surface area (Å²) in [7, 11) is 1.44. The lowest BCUT2D eigenvalue weighted by atomic mass is 10.1. The maximum absolute atomic E-state index is 12.9. The molecule has 0 atom stereocenters. The maximum atomic E-state index is 12.9. The normalized spacial score (nSPS) is 14.5. The highest BCUT2D eigenvalue weighted by Crippen LogP contribution is 2.34. The Morgan fingerprint density at radius 3 is 2.19 bits per heavy atom. The molecule has 1 aromatic heterocycles. The van der Waals surface area contributed by atoms with Crippen LogP contribution < -0.4 is 4.74 Å². The highest BCUT2D eigenvalue weighted by Gasteiger charge is 2.29. The summed E-state index contributed by atoms with van der Waals surface area (Å²) in [5.41, 5.74) is 1.44. The number of rotatable bonds is 3. The van der Waals surface area contributed by atoms with Gasteiger partial charge in [0.2, 0.25) is 0 Å². The van der Waals surface area contributed by atoms with Gasteiger partial charge in [-0.3, -0.25) is 14.7 Å². The number of nitrogens with one attached hydrogen (secondary N) is 1. The number of methoxy groups -OCH3 is 1. The minimum atomic E-state index is -0.267. The zero-order chi connectivity index (χ0) is 18.8. The molecule has 7 nitrogen and oxygen atoms in total. The molecule has 1 aromatic carbocycles. The monoisotopic (exact) mass is 396 g/mol. The van der Waals surface area contributed by atoms with Crippen molar-refractivity contribution in [2.75, 3.05) is 33.3 Å². The number of carbonyl (C=O) groups excluding carboxylic acids is 2. The summed E-state index contributed by atoms with van der Waals surface area (Å²) in [5.74, 6) is -0.161. The smallest absolute Gasteiger partial charge is 0.274 e. The largest absolute Gasteiger partial charge is 0.494 e. The van der Waals surface area contributed by atoms with Gasteiger partial charge in [0.05, 0.1) is 17.2 Å². The molecule has 1 N–H and O–H groups in total. The number of hydrogen-bond acceptors (Lipinski definition) is 4. The molecule has 0 spiro atoms. The first kappa shape index (κ1) is 18.5. The van der Waals surface area contributed by atoms with Gasteiger partial charge in [0.15, 0.2) is 5.75 Å². The quantitative estimate of drug-likeness (QED) is 0.864. The molecule has 0 radical (unpaired) electrons. The van der Waals surface area contributed by atoms with E-state index in [-0.39, 0.29) is 28.1 Å². The van der Waals surface area contributed by atoms with Crippen LogP contribution in [-0.2, 0) is 0 Å². The molecule has 1 fully saturated rings. The van der Waals surface area contributed by atoms with Crippen LogP contribution in [0.3, 0.4) is 0 Å². The summed E-state index contributed by atoms with van der Waals surface area (Å²) in [5, 5.41) is 7.35. The van der Waals surface area contributed by atoms with Crippen molar-refractivity contribution in [1.82, 2.24) is 20.0 Å². The predicted molar refractivity (Wildman–Crippen MR) is 98.1 cm³/mol. The third-order valence-electron chi connectivity index (χ3n) is 4.26. The molecule has 9 heteroatoms. The van der Waals surface area contributed by atoms with Gasteiger partial charge in [0, 0.05) is 31.9 Å². The molecule has 0 saturated carbocycles. The van der Waals surface area contributed by atoms with Crippen molar-refractivity contribution in [3.63, 3.8) is 0 Å². The number of amides is 2. The molecule has 1 aliphatic rings. The minimum absolute atomic E-state index is 0.153. The predicted octanol–water partition coefficient (Wildman–Crippen LogP) is 2.63. The van der Waals surface area contributed by atoms with E-state index < -0.39 is 0 Å². The second-order valence-corrected chi connectivity index (χ2v) is 6.77. The van der Waals surface area contributed by atoms with Crippen LogP contribution in [0, 0.1) is 6.92 Å². The van der Waals surface area contributed by atoms with Crippen LogP contribution in [0.15, 0.2) is 18.2 Å². The zero-order valence-corrected chi connectivity index (χ0v) is 15.9. The van der Waals surface area contributed by atoms with Gasteiger partial charge >= 0.3 is 0 Å². The van der Waals surface area contributed by atoms with Gasteiger partial charge < -0.3 is 14.5 Å². The third-order valence-corrected chi connectivity index (χ3v) is 4.87. The molecule has 2 aromatic rings. The van der Waals surface area contributed by atoms with E-state index in [1.54, 1.807) is 28.0 Å². The van der Waals surface area contributed by atoms with Gasteiger partial charge in [-0.1, -0.05) is 23.2 Å². The number of hydrogen-bond donors (Lipinski definition) is 1. The Labute approximate surface area is 160 Å². The van der Waals surface area contributed by atoms with Gasteiger partial charge in [-0.2, -0.15) is 5.10 Å². The molecule has 0 aliphatic carbocycles. The van der Waals surface area contributed by atoms with Crippen LogP contribution in [0.5, 0.6) is 5.75 Å². The highest BCUT2D eigenvalue weighted by atomic mass is 35.5. The third kappa shape index (κ3) is 3.50. The SMILES string of the molecule is COc1c(Cl)ccc(Cl)c1C(=O)N1CCN(C(=O)c2cc(C)[nH]n2)CC1. The molecular formula is C17H18Cl2N4O3. The van der Waals surface area contributed by atoms with Crippen molar-refractivity contribution in [3.05, 3.63) is 45.2 Å². The Morgan fingerprint density at radius 1 is 1.08 bits per heavy atom. The van der Waals surface area contributed by atoms with Crippen LogP contribution in [0.1, 0.15) is 26.5 Å². The van der Waals surface area contributed by atoms with Gasteiger partial charge in [-0.15, -0.1) is 0 Å². The van der Waals surface area contributed by atoms with Crippen molar-refractivity contribution < 1.29 is 14.3 Å². The molecule has 3 rings (SSSR count). The number of aryl methyl sites for hydroxylation is 1. The summed E-state index contributed by atoms with van der Waals surface area (Å²) in [4.78, 5) is 28.6. The zero-order valence-electron chi connectivity index (χ0n) is 14.4. The van der Waals surface area contributed by atoms with Crippen molar-refractivity contribution in [1.29, 1.82) is 0 Å². The first-order valence-electron chi connectivity index (χ1n) is 8.05. The fraction of sp³-hybridized carbons (Fsp3) is 0.353. The van der Waals surface area contributed by atoms with Crippen molar-refractivity contribution in [2.24, 2.45) is 0 Å². The first-order valence-corrected chi connectivity index (χ1v) is 8.80. The number of aromatic nitrogens is 2. The summed E-state index contributed by atoms with van der Waals surface area (Å²) in [6.45, 7) is 3.44. The molecule has 0 unspecified atom stereocenters. The van der Waals surface area contributed by atoms with Crippen LogP contribution in [0.2, 0.25) is 10.0 Å². The number of carbonyl (C=O) groups is 2. The Balaban J connectivity index is 1.71. The standard InChI is InChI=1S/C17H18Cl2N4O3/c1-10-9-13(21-20-10)16(24)22-5-7-23(8-6-22)17(25)14-11(18)3-4-12(19)15(14)26-2/h3-4,9H,5-8H2,1-2H3,(H,20,21). The van der Waals surface area contributed by atoms with Crippen LogP contribution in [0.25, 0.3) is 0 Å². The molecule has 2 amide bonds. The van der Waals surface area contributed by atoms with Crippen LogP contribution >= 0.6 is 23.2 Å². The van der Waals surface area contributed by atoms with E-state index in [4.69, 9.17) is 27.9 Å². The molecule has 1 saturated heterocycles. The molecular weight excluding hydrogens is 379 g/mol. The highest BCUT2D eigenvalue weighted by molar-refractivity contribution is 6.37. The number of ether oxygens (including phenoxy) is 1. The van der Waals surface area contributed by atoms with Gasteiger partial charge in [0.1, 0.15) is 11.3 Å². The van der Waals surface area contributed by atoms with E-state index in [2.05, 4.69) is 10.2 Å². The van der Waals surface area contributed by atoms with E-state index in [1.807, 2.05) is 6.92 Å². The van der Waals surface area contributed by atoms with Gasteiger partial charge in [-0.05, 0) is 25.1 Å². The molecule has 138 valence electrons. The number of halogens is 2. The van der Waals surface area contributed by atoms with Crippen LogP contribution in [0.4, 0.5) is 0 Å². The Hall–Kier alpha value is -2.25. The Kier molecular flexibility index (Phi) is 5.38. The average Bonchev–Trinajstić information content (AvgIpc) is 3.08. The van der Waals surface area contributed by atoms with Crippen molar-refractivity contribution in [2.45, 2.75) is 6.92 Å². The number of aromatic amines is 1. The lowest BCUT2D eigenvalue weighted by Crippen LogP contribution is -2.50. The summed E-state index contributed by atoms with van der Waals surface area (Å²) < 4.78 is 5.25.